The molecule has 2 rings (SSSR count). The number of nitrogens with one attached hydrogen (secondary N) is 1. The van der Waals surface area contributed by atoms with Gasteiger partial charge < -0.3 is 10.1 Å². The lowest BCUT2D eigenvalue weighted by molar-refractivity contribution is -0.384. The fraction of sp³-hybridized carbons (Fsp3) is 0.600. The molecule has 0 radical (unpaired) electrons. The van der Waals surface area contributed by atoms with Gasteiger partial charge in [0.05, 0.1) is 17.6 Å². The number of benzene rings is 1. The maximum absolute atomic E-state index is 11.0. The van der Waals surface area contributed by atoms with E-state index in [4.69, 9.17) is 4.74 Å². The Hall–Kier alpha value is -1.78. The fourth-order valence-corrected chi connectivity index (χ4v) is 2.68. The van der Waals surface area contributed by atoms with E-state index in [1.165, 1.54) is 31.7 Å². The lowest BCUT2D eigenvalue weighted by Crippen LogP contribution is -2.18. The Balaban J connectivity index is 2.14. The van der Waals surface area contributed by atoms with E-state index in [1.54, 1.807) is 6.07 Å². The van der Waals surface area contributed by atoms with Gasteiger partial charge in [0.1, 0.15) is 5.75 Å². The van der Waals surface area contributed by atoms with Crippen LogP contribution in [0.4, 0.5) is 11.4 Å². The number of nitro groups is 1. The number of hydrogen-bond donors (Lipinski definition) is 1. The van der Waals surface area contributed by atoms with Gasteiger partial charge in [0.15, 0.2) is 0 Å². The topological polar surface area (TPSA) is 64.4 Å². The smallest absolute Gasteiger partial charge is 0.275 e. The molecule has 1 aromatic rings. The molecule has 1 aliphatic carbocycles. The van der Waals surface area contributed by atoms with Crippen LogP contribution >= 0.6 is 0 Å². The summed E-state index contributed by atoms with van der Waals surface area (Å²) in [7, 11) is 0. The summed E-state index contributed by atoms with van der Waals surface area (Å²) in [5.41, 5.74) is 0.863. The predicted molar refractivity (Wildman–Crippen MR) is 79.4 cm³/mol. The van der Waals surface area contributed by atoms with Crippen molar-refractivity contribution in [2.24, 2.45) is 0 Å². The minimum atomic E-state index is -0.374. The van der Waals surface area contributed by atoms with Crippen LogP contribution in [0.1, 0.15) is 45.4 Å². The SMILES string of the molecule is CCOc1cc(NC2CCCCCC2)cc([N+](=O)[O-])c1. The van der Waals surface area contributed by atoms with Crippen LogP contribution in [0.15, 0.2) is 18.2 Å². The predicted octanol–water partition coefficient (Wildman–Crippen LogP) is 4.13. The molecule has 5 nitrogen and oxygen atoms in total. The van der Waals surface area contributed by atoms with Gasteiger partial charge in [-0.3, -0.25) is 10.1 Å². The molecule has 0 heterocycles. The first-order valence-corrected chi connectivity index (χ1v) is 7.38. The molecule has 5 heteroatoms. The molecule has 110 valence electrons. The minimum absolute atomic E-state index is 0.0760. The van der Waals surface area contributed by atoms with Crippen molar-refractivity contribution in [2.75, 3.05) is 11.9 Å². The average Bonchev–Trinajstić information content (AvgIpc) is 2.67. The quantitative estimate of drug-likeness (QED) is 0.499. The zero-order valence-corrected chi connectivity index (χ0v) is 11.9. The number of rotatable bonds is 5. The first-order valence-electron chi connectivity index (χ1n) is 7.38. The summed E-state index contributed by atoms with van der Waals surface area (Å²) in [6.45, 7) is 2.38. The zero-order chi connectivity index (χ0) is 14.4. The number of hydrogen-bond acceptors (Lipinski definition) is 4. The molecule has 0 bridgehead atoms. The Labute approximate surface area is 119 Å². The van der Waals surface area contributed by atoms with Crippen molar-refractivity contribution in [3.63, 3.8) is 0 Å². The highest BCUT2D eigenvalue weighted by molar-refractivity contribution is 5.56. The van der Waals surface area contributed by atoms with Crippen LogP contribution in [0.3, 0.4) is 0 Å². The van der Waals surface area contributed by atoms with Gasteiger partial charge in [-0.25, -0.2) is 0 Å². The summed E-state index contributed by atoms with van der Waals surface area (Å²) in [6.07, 6.45) is 7.30. The van der Waals surface area contributed by atoms with E-state index in [-0.39, 0.29) is 10.6 Å². The van der Waals surface area contributed by atoms with Crippen LogP contribution in [0, 0.1) is 10.1 Å². The van der Waals surface area contributed by atoms with E-state index >= 15 is 0 Å². The number of anilines is 1. The van der Waals surface area contributed by atoms with E-state index in [9.17, 15) is 10.1 Å². The monoisotopic (exact) mass is 278 g/mol. The zero-order valence-electron chi connectivity index (χ0n) is 11.9. The highest BCUT2D eigenvalue weighted by Crippen LogP contribution is 2.28. The molecular weight excluding hydrogens is 256 g/mol. The van der Waals surface area contributed by atoms with E-state index in [0.717, 1.165) is 18.5 Å². The molecule has 0 spiro atoms. The van der Waals surface area contributed by atoms with Crippen LogP contribution in [0.2, 0.25) is 0 Å². The van der Waals surface area contributed by atoms with Crippen LogP contribution in [0.5, 0.6) is 5.75 Å². The lowest BCUT2D eigenvalue weighted by Gasteiger charge is -2.18. The largest absolute Gasteiger partial charge is 0.494 e. The molecule has 0 amide bonds. The second-order valence-electron chi connectivity index (χ2n) is 5.24. The molecule has 1 fully saturated rings. The van der Waals surface area contributed by atoms with Gasteiger partial charge in [-0.1, -0.05) is 25.7 Å². The third-order valence-electron chi connectivity index (χ3n) is 3.64. The highest BCUT2D eigenvalue weighted by Gasteiger charge is 2.15. The maximum atomic E-state index is 11.0. The first kappa shape index (κ1) is 14.6. The van der Waals surface area contributed by atoms with E-state index in [1.807, 2.05) is 13.0 Å². The molecule has 20 heavy (non-hydrogen) atoms. The van der Waals surface area contributed by atoms with Crippen molar-refractivity contribution >= 4 is 11.4 Å². The number of non-ortho nitro benzene ring substituents is 1. The molecule has 1 N–H and O–H groups in total. The van der Waals surface area contributed by atoms with Crippen LogP contribution in [-0.2, 0) is 0 Å². The molecule has 1 aromatic carbocycles. The van der Waals surface area contributed by atoms with Crippen molar-refractivity contribution in [3.05, 3.63) is 28.3 Å². The summed E-state index contributed by atoms with van der Waals surface area (Å²) >= 11 is 0. The molecule has 0 aliphatic heterocycles. The van der Waals surface area contributed by atoms with Gasteiger partial charge in [0.2, 0.25) is 0 Å². The van der Waals surface area contributed by atoms with Crippen LogP contribution in [-0.4, -0.2) is 17.6 Å². The molecule has 1 saturated carbocycles. The van der Waals surface area contributed by atoms with Crippen molar-refractivity contribution < 1.29 is 9.66 Å². The van der Waals surface area contributed by atoms with E-state index in [2.05, 4.69) is 5.32 Å². The average molecular weight is 278 g/mol. The van der Waals surface area contributed by atoms with Gasteiger partial charge >= 0.3 is 0 Å². The van der Waals surface area contributed by atoms with Crippen LogP contribution in [0.25, 0.3) is 0 Å². The van der Waals surface area contributed by atoms with Gasteiger partial charge in [-0.2, -0.15) is 0 Å². The van der Waals surface area contributed by atoms with Crippen molar-refractivity contribution in [1.29, 1.82) is 0 Å². The number of nitro benzene ring substituents is 1. The highest BCUT2D eigenvalue weighted by atomic mass is 16.6. The lowest BCUT2D eigenvalue weighted by atomic mass is 10.1. The Morgan fingerprint density at radius 2 is 1.95 bits per heavy atom. The summed E-state index contributed by atoms with van der Waals surface area (Å²) in [5, 5.41) is 14.4. The fourth-order valence-electron chi connectivity index (χ4n) is 2.68. The van der Waals surface area contributed by atoms with Gasteiger partial charge in [-0.15, -0.1) is 0 Å². The summed E-state index contributed by atoms with van der Waals surface area (Å²) in [5.74, 6) is 0.554. The number of ether oxygens (including phenoxy) is 1. The molecule has 0 unspecified atom stereocenters. The Morgan fingerprint density at radius 3 is 2.55 bits per heavy atom. The third-order valence-corrected chi connectivity index (χ3v) is 3.64. The van der Waals surface area contributed by atoms with Gasteiger partial charge in [0.25, 0.3) is 5.69 Å². The molecule has 0 aromatic heterocycles. The second-order valence-corrected chi connectivity index (χ2v) is 5.24. The van der Waals surface area contributed by atoms with Crippen LogP contribution < -0.4 is 10.1 Å². The molecule has 1 aliphatic rings. The molecule has 0 atom stereocenters. The van der Waals surface area contributed by atoms with Crippen molar-refractivity contribution in [1.82, 2.24) is 0 Å². The number of nitrogens with zero attached hydrogens (tertiary/aromatic N) is 1. The summed E-state index contributed by atoms with van der Waals surface area (Å²) in [4.78, 5) is 10.6. The first-order chi connectivity index (χ1) is 9.69. The normalized spacial score (nSPS) is 16.4. The van der Waals surface area contributed by atoms with Crippen molar-refractivity contribution in [2.45, 2.75) is 51.5 Å². The van der Waals surface area contributed by atoms with Crippen molar-refractivity contribution in [3.8, 4) is 5.75 Å². The van der Waals surface area contributed by atoms with Gasteiger partial charge in [0, 0.05) is 23.9 Å². The second kappa shape index (κ2) is 7.12. The Bertz CT molecular complexity index is 454. The summed E-state index contributed by atoms with van der Waals surface area (Å²) in [6, 6.07) is 5.32. The summed E-state index contributed by atoms with van der Waals surface area (Å²) < 4.78 is 5.41. The van der Waals surface area contributed by atoms with E-state index in [0.29, 0.717) is 18.4 Å². The Morgan fingerprint density at radius 1 is 1.25 bits per heavy atom. The Kier molecular flexibility index (Phi) is 5.21. The standard InChI is InChI=1S/C15H22N2O3/c1-2-20-15-10-13(9-14(11-15)17(18)19)16-12-7-5-3-4-6-8-12/h9-12,16H,2-8H2,1H3. The minimum Gasteiger partial charge on any atom is -0.494 e. The molecule has 0 saturated heterocycles. The maximum Gasteiger partial charge on any atom is 0.275 e. The van der Waals surface area contributed by atoms with E-state index < -0.39 is 0 Å². The van der Waals surface area contributed by atoms with Gasteiger partial charge in [-0.05, 0) is 19.8 Å². The molecular formula is C15H22N2O3. The third kappa shape index (κ3) is 4.11.